The average molecular weight is 282 g/mol. The first-order chi connectivity index (χ1) is 9.37. The minimum absolute atomic E-state index is 0.0469. The number of amides is 2. The second kappa shape index (κ2) is 6.02. The third-order valence-corrected chi connectivity index (χ3v) is 3.84. The van der Waals surface area contributed by atoms with E-state index in [1.807, 2.05) is 25.7 Å². The standard InChI is InChI=1S/C15H26N2O3/c1-15(2,3)20-14(19)17-10-6-7-12(11-17)13(18)16-8-4-5-9-16/h12H,4-11H2,1-3H3/t12-/m0/s1. The Hall–Kier alpha value is -1.26. The van der Waals surface area contributed by atoms with Crippen LogP contribution in [0.3, 0.4) is 0 Å². The van der Waals surface area contributed by atoms with E-state index in [4.69, 9.17) is 4.74 Å². The third-order valence-electron chi connectivity index (χ3n) is 3.84. The van der Waals surface area contributed by atoms with Gasteiger partial charge >= 0.3 is 6.09 Å². The van der Waals surface area contributed by atoms with Gasteiger partial charge in [0.05, 0.1) is 5.92 Å². The van der Waals surface area contributed by atoms with Crippen molar-refractivity contribution in [3.63, 3.8) is 0 Å². The third kappa shape index (κ3) is 3.87. The smallest absolute Gasteiger partial charge is 0.410 e. The number of hydrogen-bond donors (Lipinski definition) is 0. The molecule has 2 fully saturated rings. The molecule has 0 N–H and O–H groups in total. The van der Waals surface area contributed by atoms with Gasteiger partial charge in [-0.1, -0.05) is 0 Å². The van der Waals surface area contributed by atoms with Crippen LogP contribution >= 0.6 is 0 Å². The Labute approximate surface area is 121 Å². The number of nitrogens with zero attached hydrogens (tertiary/aromatic N) is 2. The van der Waals surface area contributed by atoms with Gasteiger partial charge in [0.1, 0.15) is 5.60 Å². The Kier molecular flexibility index (Phi) is 4.55. The fourth-order valence-electron chi connectivity index (χ4n) is 2.87. The molecule has 0 aromatic heterocycles. The molecule has 114 valence electrons. The summed E-state index contributed by atoms with van der Waals surface area (Å²) in [5.41, 5.74) is -0.483. The van der Waals surface area contributed by atoms with E-state index in [0.29, 0.717) is 13.1 Å². The lowest BCUT2D eigenvalue weighted by atomic mass is 9.97. The minimum atomic E-state index is -0.483. The molecule has 2 rings (SSSR count). The fourth-order valence-corrected chi connectivity index (χ4v) is 2.87. The Bertz CT molecular complexity index is 370. The molecule has 0 aromatic carbocycles. The van der Waals surface area contributed by atoms with E-state index in [9.17, 15) is 9.59 Å². The number of ether oxygens (including phenoxy) is 1. The number of carbonyl (C=O) groups is 2. The Morgan fingerprint density at radius 3 is 2.20 bits per heavy atom. The topological polar surface area (TPSA) is 49.9 Å². The van der Waals surface area contributed by atoms with Crippen LogP contribution in [-0.2, 0) is 9.53 Å². The number of rotatable bonds is 1. The molecule has 2 amide bonds. The maximum absolute atomic E-state index is 12.4. The maximum Gasteiger partial charge on any atom is 0.410 e. The van der Waals surface area contributed by atoms with Crippen molar-refractivity contribution in [2.24, 2.45) is 5.92 Å². The van der Waals surface area contributed by atoms with E-state index in [2.05, 4.69) is 0 Å². The summed E-state index contributed by atoms with van der Waals surface area (Å²) in [6, 6.07) is 0. The lowest BCUT2D eigenvalue weighted by molar-refractivity contribution is -0.136. The molecular weight excluding hydrogens is 256 g/mol. The van der Waals surface area contributed by atoms with Crippen molar-refractivity contribution in [2.75, 3.05) is 26.2 Å². The summed E-state index contributed by atoms with van der Waals surface area (Å²) in [4.78, 5) is 28.1. The van der Waals surface area contributed by atoms with E-state index < -0.39 is 5.60 Å². The molecule has 0 aromatic rings. The lowest BCUT2D eigenvalue weighted by Gasteiger charge is -2.34. The van der Waals surface area contributed by atoms with Crippen molar-refractivity contribution in [3.8, 4) is 0 Å². The summed E-state index contributed by atoms with van der Waals surface area (Å²) >= 11 is 0. The number of likely N-dealkylation sites (tertiary alicyclic amines) is 2. The molecule has 20 heavy (non-hydrogen) atoms. The minimum Gasteiger partial charge on any atom is -0.444 e. The maximum atomic E-state index is 12.4. The normalized spacial score (nSPS) is 23.9. The van der Waals surface area contributed by atoms with Crippen LogP contribution in [0.25, 0.3) is 0 Å². The van der Waals surface area contributed by atoms with Crippen LogP contribution in [0.5, 0.6) is 0 Å². The highest BCUT2D eigenvalue weighted by Gasteiger charge is 2.33. The monoisotopic (exact) mass is 282 g/mol. The molecule has 0 spiro atoms. The Morgan fingerprint density at radius 2 is 1.60 bits per heavy atom. The van der Waals surface area contributed by atoms with Crippen LogP contribution < -0.4 is 0 Å². The largest absolute Gasteiger partial charge is 0.444 e. The highest BCUT2D eigenvalue weighted by molar-refractivity contribution is 5.80. The second-order valence-corrected chi connectivity index (χ2v) is 6.80. The van der Waals surface area contributed by atoms with Crippen LogP contribution in [0.1, 0.15) is 46.5 Å². The van der Waals surface area contributed by atoms with E-state index in [1.165, 1.54) is 0 Å². The van der Waals surface area contributed by atoms with Gasteiger partial charge in [-0.05, 0) is 46.5 Å². The summed E-state index contributed by atoms with van der Waals surface area (Å²) < 4.78 is 5.39. The van der Waals surface area contributed by atoms with Gasteiger partial charge in [0.2, 0.25) is 5.91 Å². The van der Waals surface area contributed by atoms with Gasteiger partial charge in [-0.15, -0.1) is 0 Å². The summed E-state index contributed by atoms with van der Waals surface area (Å²) in [5, 5.41) is 0. The van der Waals surface area contributed by atoms with Crippen LogP contribution in [-0.4, -0.2) is 53.6 Å². The molecule has 2 saturated heterocycles. The summed E-state index contributed by atoms with van der Waals surface area (Å²) in [6.07, 6.45) is 3.68. The zero-order valence-electron chi connectivity index (χ0n) is 12.9. The molecule has 1 atom stereocenters. The van der Waals surface area contributed by atoms with Gasteiger partial charge in [0, 0.05) is 26.2 Å². The number of carbonyl (C=O) groups excluding carboxylic acids is 2. The molecule has 0 aliphatic carbocycles. The van der Waals surface area contributed by atoms with E-state index >= 15 is 0 Å². The lowest BCUT2D eigenvalue weighted by Crippen LogP contribution is -2.47. The average Bonchev–Trinajstić information content (AvgIpc) is 2.90. The van der Waals surface area contributed by atoms with Gasteiger partial charge in [-0.25, -0.2) is 4.79 Å². The second-order valence-electron chi connectivity index (χ2n) is 6.80. The van der Waals surface area contributed by atoms with Gasteiger partial charge in [0.25, 0.3) is 0 Å². The quantitative estimate of drug-likeness (QED) is 0.741. The van der Waals surface area contributed by atoms with Gasteiger partial charge in [-0.3, -0.25) is 4.79 Å². The highest BCUT2D eigenvalue weighted by Crippen LogP contribution is 2.22. The van der Waals surface area contributed by atoms with Crippen molar-refractivity contribution in [3.05, 3.63) is 0 Å². The van der Waals surface area contributed by atoms with Crippen LogP contribution in [0, 0.1) is 5.92 Å². The summed E-state index contributed by atoms with van der Waals surface area (Å²) in [5.74, 6) is 0.171. The molecular formula is C15H26N2O3. The van der Waals surface area contributed by atoms with Crippen molar-refractivity contribution >= 4 is 12.0 Å². The molecule has 5 heteroatoms. The van der Waals surface area contributed by atoms with Crippen LogP contribution in [0.2, 0.25) is 0 Å². The SMILES string of the molecule is CC(C)(C)OC(=O)N1CCC[C@H](C(=O)N2CCCC2)C1. The van der Waals surface area contributed by atoms with E-state index in [1.54, 1.807) is 4.90 Å². The fraction of sp³-hybridized carbons (Fsp3) is 0.867. The molecule has 2 aliphatic rings. The van der Waals surface area contributed by atoms with Crippen LogP contribution in [0.4, 0.5) is 4.79 Å². The summed E-state index contributed by atoms with van der Waals surface area (Å²) in [6.45, 7) is 8.54. The first kappa shape index (κ1) is 15.1. The van der Waals surface area contributed by atoms with Crippen molar-refractivity contribution < 1.29 is 14.3 Å². The molecule has 2 aliphatic heterocycles. The van der Waals surface area contributed by atoms with E-state index in [-0.39, 0.29) is 17.9 Å². The van der Waals surface area contributed by atoms with E-state index in [0.717, 1.165) is 38.8 Å². The Morgan fingerprint density at radius 1 is 1.00 bits per heavy atom. The first-order valence-corrected chi connectivity index (χ1v) is 7.63. The zero-order chi connectivity index (χ0) is 14.8. The molecule has 2 heterocycles. The number of hydrogen-bond acceptors (Lipinski definition) is 3. The Balaban J connectivity index is 1.91. The van der Waals surface area contributed by atoms with Gasteiger partial charge in [0.15, 0.2) is 0 Å². The molecule has 5 nitrogen and oxygen atoms in total. The predicted octanol–water partition coefficient (Wildman–Crippen LogP) is 2.26. The summed E-state index contributed by atoms with van der Waals surface area (Å²) in [7, 11) is 0. The first-order valence-electron chi connectivity index (χ1n) is 7.63. The van der Waals surface area contributed by atoms with Crippen molar-refractivity contribution in [1.82, 2.24) is 9.80 Å². The molecule has 0 radical (unpaired) electrons. The predicted molar refractivity (Wildman–Crippen MR) is 76.3 cm³/mol. The molecule has 0 bridgehead atoms. The highest BCUT2D eigenvalue weighted by atomic mass is 16.6. The van der Waals surface area contributed by atoms with Gasteiger partial charge in [-0.2, -0.15) is 0 Å². The number of piperidine rings is 1. The van der Waals surface area contributed by atoms with Crippen molar-refractivity contribution in [2.45, 2.75) is 52.1 Å². The van der Waals surface area contributed by atoms with Gasteiger partial charge < -0.3 is 14.5 Å². The molecule has 0 unspecified atom stereocenters. The van der Waals surface area contributed by atoms with Crippen molar-refractivity contribution in [1.29, 1.82) is 0 Å². The molecule has 0 saturated carbocycles. The van der Waals surface area contributed by atoms with Crippen LogP contribution in [0.15, 0.2) is 0 Å². The zero-order valence-corrected chi connectivity index (χ0v) is 12.9.